The lowest BCUT2D eigenvalue weighted by atomic mass is 10.2. The number of carbonyl (C=O) groups excluding carboxylic acids is 1. The topological polar surface area (TPSA) is 66.1 Å². The molecule has 1 aromatic heterocycles. The Hall–Kier alpha value is -1.86. The Balaban J connectivity index is 3.00. The van der Waals surface area contributed by atoms with Crippen LogP contribution in [-0.4, -0.2) is 34.9 Å². The highest BCUT2D eigenvalue weighted by Crippen LogP contribution is 2.24. The zero-order valence-corrected chi connectivity index (χ0v) is 9.13. The molecule has 1 aromatic rings. The van der Waals surface area contributed by atoms with E-state index in [1.165, 1.54) is 19.0 Å². The second-order valence-corrected chi connectivity index (χ2v) is 3.55. The Morgan fingerprint density at radius 3 is 2.47 bits per heavy atom. The molecule has 0 bridgehead atoms. The van der Waals surface area contributed by atoms with E-state index in [0.717, 1.165) is 6.20 Å². The van der Waals surface area contributed by atoms with Crippen LogP contribution in [0.2, 0.25) is 0 Å². The van der Waals surface area contributed by atoms with Gasteiger partial charge in [0.05, 0.1) is 6.42 Å². The van der Waals surface area contributed by atoms with Crippen LogP contribution in [0.3, 0.4) is 0 Å². The van der Waals surface area contributed by atoms with Crippen LogP contribution in [-0.2, 0) is 17.4 Å². The third kappa shape index (κ3) is 3.30. The fraction of sp³-hybridized carbons (Fsp3) is 0.444. The number of aromatic amines is 1. The van der Waals surface area contributed by atoms with E-state index >= 15 is 0 Å². The molecule has 1 N–H and O–H groups in total. The molecule has 94 valence electrons. The van der Waals surface area contributed by atoms with Crippen molar-refractivity contribution < 1.29 is 18.0 Å². The van der Waals surface area contributed by atoms with Gasteiger partial charge in [-0.05, 0) is 0 Å². The Labute approximate surface area is 94.3 Å². The highest BCUT2D eigenvalue weighted by Gasteiger charge is 2.34. The van der Waals surface area contributed by atoms with Gasteiger partial charge in [-0.2, -0.15) is 13.2 Å². The van der Waals surface area contributed by atoms with Crippen molar-refractivity contribution in [2.24, 2.45) is 0 Å². The summed E-state index contributed by atoms with van der Waals surface area (Å²) in [4.78, 5) is 28.5. The SMILES string of the molecule is CN(C)C(=O)Cc1cnc(C(F)(F)F)[nH]c1=O. The predicted octanol–water partition coefficient (Wildman–Crippen LogP) is 0.419. The van der Waals surface area contributed by atoms with Crippen molar-refractivity contribution in [3.63, 3.8) is 0 Å². The van der Waals surface area contributed by atoms with Gasteiger partial charge in [0.25, 0.3) is 5.56 Å². The summed E-state index contributed by atoms with van der Waals surface area (Å²) in [5.74, 6) is -1.76. The van der Waals surface area contributed by atoms with Gasteiger partial charge in [-0.15, -0.1) is 0 Å². The molecular weight excluding hydrogens is 239 g/mol. The van der Waals surface area contributed by atoms with Crippen LogP contribution < -0.4 is 5.56 Å². The maximum absolute atomic E-state index is 12.2. The van der Waals surface area contributed by atoms with E-state index in [1.807, 2.05) is 0 Å². The third-order valence-electron chi connectivity index (χ3n) is 1.98. The van der Waals surface area contributed by atoms with Gasteiger partial charge in [0.2, 0.25) is 11.7 Å². The number of aromatic nitrogens is 2. The number of carbonyl (C=O) groups is 1. The summed E-state index contributed by atoms with van der Waals surface area (Å²) >= 11 is 0. The fourth-order valence-corrected chi connectivity index (χ4v) is 1.01. The molecular formula is C9H10F3N3O2. The Kier molecular flexibility index (Phi) is 3.54. The number of nitrogens with one attached hydrogen (secondary N) is 1. The second kappa shape index (κ2) is 4.56. The number of halogens is 3. The summed E-state index contributed by atoms with van der Waals surface area (Å²) in [5, 5.41) is 0. The summed E-state index contributed by atoms with van der Waals surface area (Å²) in [6.07, 6.45) is -4.22. The van der Waals surface area contributed by atoms with Crippen LogP contribution in [0.4, 0.5) is 13.2 Å². The smallest absolute Gasteiger partial charge is 0.349 e. The maximum atomic E-state index is 12.2. The number of amides is 1. The van der Waals surface area contributed by atoms with Crippen molar-refractivity contribution in [3.8, 4) is 0 Å². The summed E-state index contributed by atoms with van der Waals surface area (Å²) in [6, 6.07) is 0. The lowest BCUT2D eigenvalue weighted by molar-refractivity contribution is -0.145. The van der Waals surface area contributed by atoms with E-state index in [1.54, 1.807) is 4.98 Å². The molecule has 0 unspecified atom stereocenters. The van der Waals surface area contributed by atoms with Crippen molar-refractivity contribution in [1.82, 2.24) is 14.9 Å². The summed E-state index contributed by atoms with van der Waals surface area (Å²) in [7, 11) is 2.96. The van der Waals surface area contributed by atoms with E-state index in [9.17, 15) is 22.8 Å². The van der Waals surface area contributed by atoms with Crippen molar-refractivity contribution in [1.29, 1.82) is 0 Å². The number of hydrogen-bond acceptors (Lipinski definition) is 3. The minimum absolute atomic E-state index is 0.100. The molecule has 0 aromatic carbocycles. The lowest BCUT2D eigenvalue weighted by Gasteiger charge is -2.10. The van der Waals surface area contributed by atoms with E-state index < -0.39 is 23.5 Å². The average Bonchev–Trinajstić information content (AvgIpc) is 2.19. The fourth-order valence-electron chi connectivity index (χ4n) is 1.01. The van der Waals surface area contributed by atoms with Crippen LogP contribution in [0.1, 0.15) is 11.4 Å². The van der Waals surface area contributed by atoms with Crippen LogP contribution in [0, 0.1) is 0 Å². The maximum Gasteiger partial charge on any atom is 0.449 e. The molecule has 0 aliphatic carbocycles. The molecule has 0 aliphatic rings. The molecule has 0 saturated heterocycles. The molecule has 1 amide bonds. The highest BCUT2D eigenvalue weighted by molar-refractivity contribution is 5.77. The zero-order valence-electron chi connectivity index (χ0n) is 9.13. The van der Waals surface area contributed by atoms with Gasteiger partial charge in [0.1, 0.15) is 0 Å². The van der Waals surface area contributed by atoms with Gasteiger partial charge in [0, 0.05) is 25.9 Å². The lowest BCUT2D eigenvalue weighted by Crippen LogP contribution is -2.28. The summed E-state index contributed by atoms with van der Waals surface area (Å²) in [6.45, 7) is 0. The van der Waals surface area contributed by atoms with Gasteiger partial charge in [0.15, 0.2) is 0 Å². The second-order valence-electron chi connectivity index (χ2n) is 3.55. The molecule has 1 rings (SSSR count). The Bertz CT molecular complexity index is 479. The number of alkyl halides is 3. The first-order valence-electron chi connectivity index (χ1n) is 4.57. The molecule has 1 heterocycles. The zero-order chi connectivity index (χ0) is 13.2. The van der Waals surface area contributed by atoms with Crippen molar-refractivity contribution in [3.05, 3.63) is 27.9 Å². The molecule has 0 spiro atoms. The molecule has 0 aliphatic heterocycles. The van der Waals surface area contributed by atoms with Gasteiger partial charge < -0.3 is 9.88 Å². The van der Waals surface area contributed by atoms with Gasteiger partial charge in [-0.1, -0.05) is 0 Å². The number of nitrogens with zero attached hydrogens (tertiary/aromatic N) is 2. The molecule has 0 radical (unpaired) electrons. The standard InChI is InChI=1S/C9H10F3N3O2/c1-15(2)6(16)3-5-4-13-8(9(10,11)12)14-7(5)17/h4H,3H2,1-2H3,(H,13,14,17). The van der Waals surface area contributed by atoms with Crippen LogP contribution in [0.5, 0.6) is 0 Å². The normalized spacial score (nSPS) is 11.4. The molecule has 0 atom stereocenters. The van der Waals surface area contributed by atoms with E-state index in [0.29, 0.717) is 0 Å². The summed E-state index contributed by atoms with van der Waals surface area (Å²) in [5.41, 5.74) is -1.06. The number of rotatable bonds is 2. The van der Waals surface area contributed by atoms with Crippen LogP contribution in [0.15, 0.2) is 11.0 Å². The van der Waals surface area contributed by atoms with Gasteiger partial charge in [-0.25, -0.2) is 4.98 Å². The predicted molar refractivity (Wildman–Crippen MR) is 52.3 cm³/mol. The average molecular weight is 249 g/mol. The van der Waals surface area contributed by atoms with Crippen molar-refractivity contribution in [2.45, 2.75) is 12.6 Å². The van der Waals surface area contributed by atoms with Crippen LogP contribution >= 0.6 is 0 Å². The molecule has 0 saturated carbocycles. The van der Waals surface area contributed by atoms with E-state index in [4.69, 9.17) is 0 Å². The number of likely N-dealkylation sites (N-methyl/N-ethyl adjacent to an activating group) is 1. The Morgan fingerprint density at radius 1 is 1.47 bits per heavy atom. The quantitative estimate of drug-likeness (QED) is 0.826. The third-order valence-corrected chi connectivity index (χ3v) is 1.98. The minimum Gasteiger partial charge on any atom is -0.349 e. The van der Waals surface area contributed by atoms with Gasteiger partial charge >= 0.3 is 6.18 Å². The molecule has 8 heteroatoms. The molecule has 5 nitrogen and oxygen atoms in total. The highest BCUT2D eigenvalue weighted by atomic mass is 19.4. The molecule has 0 fully saturated rings. The Morgan fingerprint density at radius 2 is 2.06 bits per heavy atom. The first kappa shape index (κ1) is 13.2. The first-order chi connectivity index (χ1) is 7.71. The number of hydrogen-bond donors (Lipinski definition) is 1. The monoisotopic (exact) mass is 249 g/mol. The van der Waals surface area contributed by atoms with Crippen molar-refractivity contribution in [2.75, 3.05) is 14.1 Å². The van der Waals surface area contributed by atoms with E-state index in [-0.39, 0.29) is 12.0 Å². The summed E-state index contributed by atoms with van der Waals surface area (Å²) < 4.78 is 36.5. The first-order valence-corrected chi connectivity index (χ1v) is 4.57. The van der Waals surface area contributed by atoms with Crippen LogP contribution in [0.25, 0.3) is 0 Å². The molecule has 17 heavy (non-hydrogen) atoms. The van der Waals surface area contributed by atoms with Crippen molar-refractivity contribution >= 4 is 5.91 Å². The number of H-pyrrole nitrogens is 1. The van der Waals surface area contributed by atoms with Gasteiger partial charge in [-0.3, -0.25) is 9.59 Å². The minimum atomic E-state index is -4.71. The largest absolute Gasteiger partial charge is 0.449 e. The van der Waals surface area contributed by atoms with E-state index in [2.05, 4.69) is 4.98 Å².